The molecule has 0 rings (SSSR count). The molecule has 0 bridgehead atoms. The number of hydrogen-bond donors (Lipinski definition) is 0. The molecule has 0 aliphatic heterocycles. The van der Waals surface area contributed by atoms with E-state index in [0.717, 1.165) is 19.1 Å². The van der Waals surface area contributed by atoms with Crippen LogP contribution in [-0.4, -0.2) is 56.7 Å². The maximum atomic E-state index is 10.7. The lowest BCUT2D eigenvalue weighted by Gasteiger charge is -2.01. The van der Waals surface area contributed by atoms with Crippen molar-refractivity contribution in [3.05, 3.63) is 24.3 Å². The molecule has 236 valence electrons. The van der Waals surface area contributed by atoms with E-state index in [9.17, 15) is 14.4 Å². The molecular formula is C36H50O5Si3. The zero-order valence-electron chi connectivity index (χ0n) is 28.7. The van der Waals surface area contributed by atoms with Crippen LogP contribution >= 0.6 is 0 Å². The summed E-state index contributed by atoms with van der Waals surface area (Å²) >= 11 is 0. The molecule has 44 heavy (non-hydrogen) atoms. The zero-order valence-corrected chi connectivity index (χ0v) is 31.7. The average Bonchev–Trinajstić information content (AvgIpc) is 2.92. The number of hydrogen-bond acceptors (Lipinski definition) is 5. The van der Waals surface area contributed by atoms with Gasteiger partial charge in [-0.2, -0.15) is 0 Å². The van der Waals surface area contributed by atoms with E-state index in [0.29, 0.717) is 25.7 Å². The summed E-state index contributed by atoms with van der Waals surface area (Å²) in [5.41, 5.74) is 9.45. The minimum atomic E-state index is -1.29. The third kappa shape index (κ3) is 47.9. The van der Waals surface area contributed by atoms with Gasteiger partial charge in [0.15, 0.2) is 0 Å². The fourth-order valence-electron chi connectivity index (χ4n) is 1.91. The molecule has 0 amide bonds. The van der Waals surface area contributed by atoms with E-state index in [4.69, 9.17) is 0 Å². The topological polar surface area (TPSA) is 69.7 Å². The van der Waals surface area contributed by atoms with Crippen LogP contribution < -0.4 is 0 Å². The molecule has 0 aromatic heterocycles. The van der Waals surface area contributed by atoms with Gasteiger partial charge in [-0.25, -0.2) is 9.59 Å². The average molecular weight is 647 g/mol. The molecule has 0 unspecified atom stereocenters. The van der Waals surface area contributed by atoms with Crippen LogP contribution in [0.2, 0.25) is 58.9 Å². The third-order valence-corrected chi connectivity index (χ3v) is 6.56. The summed E-state index contributed by atoms with van der Waals surface area (Å²) in [6.07, 6.45) is 11.3. The van der Waals surface area contributed by atoms with Gasteiger partial charge in [0.1, 0.15) is 30.5 Å². The van der Waals surface area contributed by atoms with Crippen LogP contribution in [0.5, 0.6) is 0 Å². The van der Waals surface area contributed by atoms with Gasteiger partial charge in [0.2, 0.25) is 0 Å². The SMILES string of the molecule is COC(=O)/C=C/CCC#CC#C[Si](C)(C)C.COC(=O)/C=C\CCC#CC#C[Si](C)(C)C.C[Si](C)(C)C#CC#CCCC=O. The van der Waals surface area contributed by atoms with E-state index in [1.54, 1.807) is 12.2 Å². The highest BCUT2D eigenvalue weighted by atomic mass is 28.3. The molecule has 0 spiro atoms. The molecule has 8 heteroatoms. The summed E-state index contributed by atoms with van der Waals surface area (Å²) in [5.74, 6) is 25.0. The van der Waals surface area contributed by atoms with Crippen molar-refractivity contribution < 1.29 is 23.9 Å². The Morgan fingerprint density at radius 3 is 1.07 bits per heavy atom. The number of carbonyl (C=O) groups excluding carboxylic acids is 3. The van der Waals surface area contributed by atoms with Gasteiger partial charge >= 0.3 is 11.9 Å². The first-order chi connectivity index (χ1) is 20.5. The predicted molar refractivity (Wildman–Crippen MR) is 193 cm³/mol. The first kappa shape index (κ1) is 44.5. The summed E-state index contributed by atoms with van der Waals surface area (Å²) in [6, 6.07) is 0. The highest BCUT2D eigenvalue weighted by Crippen LogP contribution is 1.97. The number of carbonyl (C=O) groups is 3. The molecular weight excluding hydrogens is 597 g/mol. The Morgan fingerprint density at radius 2 is 0.818 bits per heavy atom. The Labute approximate surface area is 271 Å². The third-order valence-electron chi connectivity index (χ3n) is 3.93. The molecule has 0 heterocycles. The quantitative estimate of drug-likeness (QED) is 0.0742. The van der Waals surface area contributed by atoms with Gasteiger partial charge in [-0.1, -0.05) is 88.8 Å². The Hall–Kier alpha value is -3.90. The monoisotopic (exact) mass is 646 g/mol. The van der Waals surface area contributed by atoms with E-state index < -0.39 is 24.2 Å². The van der Waals surface area contributed by atoms with Crippen molar-refractivity contribution in [1.82, 2.24) is 0 Å². The van der Waals surface area contributed by atoms with Gasteiger partial charge in [0.25, 0.3) is 0 Å². The standard InChI is InChI=1S/2C13H18O2Si.C10H14OSi/c2*1-15-13(14)11-9-7-5-6-8-10-12-16(2,3)4;1-12(2,3)10-8-6-4-5-7-9-11/h2*9,11H,5,7H2,1-4H3;9H,5,7H2,1-3H3/b11-9+;11-9-;. The van der Waals surface area contributed by atoms with Crippen LogP contribution in [-0.2, 0) is 23.9 Å². The second-order valence-electron chi connectivity index (χ2n) is 12.0. The van der Waals surface area contributed by atoms with Crippen LogP contribution in [0.15, 0.2) is 24.3 Å². The highest BCUT2D eigenvalue weighted by Gasteiger charge is 2.07. The number of esters is 2. The molecule has 0 aliphatic carbocycles. The zero-order chi connectivity index (χ0) is 34.3. The van der Waals surface area contributed by atoms with E-state index in [2.05, 4.69) is 138 Å². The number of ether oxygens (including phenoxy) is 2. The first-order valence-electron chi connectivity index (χ1n) is 14.4. The van der Waals surface area contributed by atoms with Gasteiger partial charge < -0.3 is 14.3 Å². The molecule has 0 fully saturated rings. The number of aldehydes is 1. The Balaban J connectivity index is -0.000000580. The Kier molecular flexibility index (Phi) is 28.2. The molecule has 5 nitrogen and oxygen atoms in total. The number of rotatable bonds is 8. The Morgan fingerprint density at radius 1 is 0.523 bits per heavy atom. The largest absolute Gasteiger partial charge is 0.466 e. The van der Waals surface area contributed by atoms with Crippen LogP contribution in [0.3, 0.4) is 0 Å². The van der Waals surface area contributed by atoms with Gasteiger partial charge in [-0.05, 0) is 48.4 Å². The summed E-state index contributed by atoms with van der Waals surface area (Å²) in [4.78, 5) is 31.3. The summed E-state index contributed by atoms with van der Waals surface area (Å²) in [7, 11) is -1.12. The maximum absolute atomic E-state index is 10.7. The van der Waals surface area contributed by atoms with Crippen molar-refractivity contribution in [2.24, 2.45) is 0 Å². The maximum Gasteiger partial charge on any atom is 0.330 e. The molecule has 0 aromatic rings. The van der Waals surface area contributed by atoms with E-state index >= 15 is 0 Å². The smallest absolute Gasteiger partial charge is 0.330 e. The molecule has 0 aliphatic rings. The van der Waals surface area contributed by atoms with E-state index in [1.807, 2.05) is 0 Å². The van der Waals surface area contributed by atoms with Gasteiger partial charge in [-0.15, -0.1) is 16.6 Å². The summed E-state index contributed by atoms with van der Waals surface area (Å²) in [6.45, 7) is 19.6. The molecule has 0 N–H and O–H groups in total. The van der Waals surface area contributed by atoms with Gasteiger partial charge in [-0.3, -0.25) is 0 Å². The van der Waals surface area contributed by atoms with Crippen LogP contribution in [0.1, 0.15) is 38.5 Å². The van der Waals surface area contributed by atoms with Crippen molar-refractivity contribution >= 4 is 42.4 Å². The second kappa shape index (κ2) is 27.9. The Bertz CT molecular complexity index is 1240. The lowest BCUT2D eigenvalue weighted by Crippen LogP contribution is -2.16. The van der Waals surface area contributed by atoms with E-state index in [1.165, 1.54) is 26.4 Å². The number of methoxy groups -OCH3 is 2. The van der Waals surface area contributed by atoms with Crippen molar-refractivity contribution in [3.63, 3.8) is 0 Å². The highest BCUT2D eigenvalue weighted by molar-refractivity contribution is 6.84. The fourth-order valence-corrected chi connectivity index (χ4v) is 3.23. The fraction of sp³-hybridized carbons (Fsp3) is 0.472. The summed E-state index contributed by atoms with van der Waals surface area (Å²) in [5, 5.41) is 0. The van der Waals surface area contributed by atoms with E-state index in [-0.39, 0.29) is 11.9 Å². The molecule has 0 saturated carbocycles. The molecule has 0 radical (unpaired) electrons. The van der Waals surface area contributed by atoms with Crippen molar-refractivity contribution in [1.29, 1.82) is 0 Å². The van der Waals surface area contributed by atoms with Gasteiger partial charge in [0, 0.05) is 37.8 Å². The van der Waals surface area contributed by atoms with Crippen molar-refractivity contribution in [2.45, 2.75) is 97.4 Å². The van der Waals surface area contributed by atoms with Crippen LogP contribution in [0, 0.1) is 69.9 Å². The molecule has 0 atom stereocenters. The van der Waals surface area contributed by atoms with Gasteiger partial charge in [0.05, 0.1) is 14.2 Å². The lowest BCUT2D eigenvalue weighted by molar-refractivity contribution is -0.135. The molecule has 0 saturated heterocycles. The van der Waals surface area contributed by atoms with Crippen LogP contribution in [0.4, 0.5) is 0 Å². The normalized spacial score (nSPS) is 9.70. The first-order valence-corrected chi connectivity index (χ1v) is 24.9. The summed E-state index contributed by atoms with van der Waals surface area (Å²) < 4.78 is 8.91. The number of allylic oxidation sites excluding steroid dienone is 2. The van der Waals surface area contributed by atoms with Crippen molar-refractivity contribution in [3.8, 4) is 69.9 Å². The number of unbranched alkanes of at least 4 members (excludes halogenated alkanes) is 3. The van der Waals surface area contributed by atoms with Crippen LogP contribution in [0.25, 0.3) is 0 Å². The minimum Gasteiger partial charge on any atom is -0.466 e. The minimum absolute atomic E-state index is 0.327. The molecule has 0 aromatic carbocycles. The second-order valence-corrected chi connectivity index (χ2v) is 26.3. The predicted octanol–water partition coefficient (Wildman–Crippen LogP) is 6.61. The van der Waals surface area contributed by atoms with Crippen molar-refractivity contribution in [2.75, 3.05) is 14.2 Å². The lowest BCUT2D eigenvalue weighted by atomic mass is 10.3.